The molecule has 1 aromatic carbocycles. The van der Waals surface area contributed by atoms with E-state index in [1.807, 2.05) is 42.1 Å². The first-order chi connectivity index (χ1) is 9.27. The van der Waals surface area contributed by atoms with Crippen molar-refractivity contribution in [3.63, 3.8) is 0 Å². The van der Waals surface area contributed by atoms with E-state index in [-0.39, 0.29) is 0 Å². The van der Waals surface area contributed by atoms with Crippen molar-refractivity contribution < 1.29 is 4.74 Å². The monoisotopic (exact) mass is 260 g/mol. The molecular weight excluding hydrogens is 240 g/mol. The molecule has 0 aliphatic carbocycles. The summed E-state index contributed by atoms with van der Waals surface area (Å²) in [6, 6.07) is 7.84. The number of hydrogen-bond donors (Lipinski definition) is 2. The maximum absolute atomic E-state index is 5.49. The number of para-hydroxylation sites is 2. The lowest BCUT2D eigenvalue weighted by Crippen LogP contribution is -2.09. The van der Waals surface area contributed by atoms with Crippen molar-refractivity contribution >= 4 is 5.69 Å². The van der Waals surface area contributed by atoms with Crippen LogP contribution in [0, 0.1) is 6.92 Å². The van der Waals surface area contributed by atoms with Crippen LogP contribution >= 0.6 is 0 Å². The van der Waals surface area contributed by atoms with E-state index in [4.69, 9.17) is 10.5 Å². The molecule has 2 aromatic rings. The average Bonchev–Trinajstić information content (AvgIpc) is 2.80. The number of nitrogens with two attached hydrogens (primary N) is 1. The molecular formula is C14H20N4O. The molecule has 0 radical (unpaired) electrons. The lowest BCUT2D eigenvalue weighted by Gasteiger charge is -2.10. The third-order valence-corrected chi connectivity index (χ3v) is 3.02. The van der Waals surface area contributed by atoms with Crippen LogP contribution in [-0.4, -0.2) is 30.0 Å². The van der Waals surface area contributed by atoms with E-state index < -0.39 is 0 Å². The van der Waals surface area contributed by atoms with E-state index in [1.54, 1.807) is 7.11 Å². The van der Waals surface area contributed by atoms with Gasteiger partial charge in [0.05, 0.1) is 24.7 Å². The number of methoxy groups -OCH3 is 1. The van der Waals surface area contributed by atoms with Gasteiger partial charge in [-0.3, -0.25) is 0 Å². The second-order valence-electron chi connectivity index (χ2n) is 4.30. The van der Waals surface area contributed by atoms with Crippen molar-refractivity contribution in [2.24, 2.45) is 5.73 Å². The van der Waals surface area contributed by atoms with Gasteiger partial charge in [-0.15, -0.1) is 0 Å². The maximum Gasteiger partial charge on any atom is 0.144 e. The van der Waals surface area contributed by atoms with Crippen molar-refractivity contribution in [2.45, 2.75) is 13.3 Å². The molecule has 0 atom stereocenters. The fourth-order valence-electron chi connectivity index (χ4n) is 1.96. The fourth-order valence-corrected chi connectivity index (χ4v) is 1.96. The third kappa shape index (κ3) is 2.88. The second kappa shape index (κ2) is 6.24. The minimum atomic E-state index is 0.687. The highest BCUT2D eigenvalue weighted by atomic mass is 16.5. The number of hydrogen-bond acceptors (Lipinski definition) is 4. The molecule has 102 valence electrons. The molecule has 5 nitrogen and oxygen atoms in total. The Morgan fingerprint density at radius 2 is 2.16 bits per heavy atom. The molecule has 2 rings (SSSR count). The van der Waals surface area contributed by atoms with Gasteiger partial charge in [0.2, 0.25) is 0 Å². The van der Waals surface area contributed by atoms with Gasteiger partial charge in [0.25, 0.3) is 0 Å². The summed E-state index contributed by atoms with van der Waals surface area (Å²) in [5.41, 5.74) is 8.51. The first-order valence-corrected chi connectivity index (χ1v) is 6.40. The lowest BCUT2D eigenvalue weighted by molar-refractivity contribution is 0.411. The van der Waals surface area contributed by atoms with Crippen molar-refractivity contribution in [3.05, 3.63) is 36.2 Å². The van der Waals surface area contributed by atoms with Gasteiger partial charge in [0.15, 0.2) is 0 Å². The Balaban J connectivity index is 2.26. The summed E-state index contributed by atoms with van der Waals surface area (Å²) in [5.74, 6) is 0.808. The molecule has 0 bridgehead atoms. The Morgan fingerprint density at radius 1 is 1.37 bits per heavy atom. The predicted octanol–water partition coefficient (Wildman–Crippen LogP) is 1.95. The topological polar surface area (TPSA) is 65.1 Å². The molecule has 0 saturated carbocycles. The summed E-state index contributed by atoms with van der Waals surface area (Å²) >= 11 is 0. The summed E-state index contributed by atoms with van der Waals surface area (Å²) in [7, 11) is 1.66. The van der Waals surface area contributed by atoms with Crippen LogP contribution in [0.1, 0.15) is 12.1 Å². The quantitative estimate of drug-likeness (QED) is 0.779. The van der Waals surface area contributed by atoms with Gasteiger partial charge in [-0.2, -0.15) is 5.10 Å². The van der Waals surface area contributed by atoms with Gasteiger partial charge in [0.1, 0.15) is 11.4 Å². The molecule has 1 aromatic heterocycles. The van der Waals surface area contributed by atoms with Gasteiger partial charge in [-0.05, 0) is 32.0 Å². The standard InChI is InChI=1S/C14H20N4O/c1-11-12(16-9-5-8-15)10-17-18(11)13-6-3-4-7-14(13)19-2/h3-4,6-7,10,16H,5,8-9,15H2,1-2H3. The summed E-state index contributed by atoms with van der Waals surface area (Å²) in [6.07, 6.45) is 2.78. The zero-order chi connectivity index (χ0) is 13.7. The van der Waals surface area contributed by atoms with Crippen LogP contribution < -0.4 is 15.8 Å². The molecule has 0 unspecified atom stereocenters. The zero-order valence-electron chi connectivity index (χ0n) is 11.4. The molecule has 19 heavy (non-hydrogen) atoms. The van der Waals surface area contributed by atoms with Crippen LogP contribution in [0.5, 0.6) is 5.75 Å². The van der Waals surface area contributed by atoms with E-state index >= 15 is 0 Å². The zero-order valence-corrected chi connectivity index (χ0v) is 11.4. The molecule has 5 heteroatoms. The van der Waals surface area contributed by atoms with Crippen LogP contribution in [0.4, 0.5) is 5.69 Å². The first kappa shape index (κ1) is 13.4. The Hall–Kier alpha value is -2.01. The molecule has 0 aliphatic heterocycles. The number of nitrogens with zero attached hydrogens (tertiary/aromatic N) is 2. The molecule has 3 N–H and O–H groups in total. The van der Waals surface area contributed by atoms with Gasteiger partial charge in [-0.1, -0.05) is 12.1 Å². The van der Waals surface area contributed by atoms with Crippen LogP contribution in [0.2, 0.25) is 0 Å². The number of aromatic nitrogens is 2. The van der Waals surface area contributed by atoms with Gasteiger partial charge in [0, 0.05) is 6.54 Å². The SMILES string of the molecule is COc1ccccc1-n1ncc(NCCCN)c1C. The fraction of sp³-hybridized carbons (Fsp3) is 0.357. The Labute approximate surface area is 113 Å². The summed E-state index contributed by atoms with van der Waals surface area (Å²) in [5, 5.41) is 7.75. The van der Waals surface area contributed by atoms with Crippen LogP contribution in [-0.2, 0) is 0 Å². The van der Waals surface area contributed by atoms with E-state index in [2.05, 4.69) is 10.4 Å². The van der Waals surface area contributed by atoms with E-state index in [0.29, 0.717) is 6.54 Å². The summed E-state index contributed by atoms with van der Waals surface area (Å²) < 4.78 is 7.24. The third-order valence-electron chi connectivity index (χ3n) is 3.02. The smallest absolute Gasteiger partial charge is 0.144 e. The minimum absolute atomic E-state index is 0.687. The first-order valence-electron chi connectivity index (χ1n) is 6.40. The molecule has 0 saturated heterocycles. The van der Waals surface area contributed by atoms with E-state index in [9.17, 15) is 0 Å². The average molecular weight is 260 g/mol. The molecule has 0 aliphatic rings. The number of rotatable bonds is 6. The molecule has 0 amide bonds. The van der Waals surface area contributed by atoms with E-state index in [1.165, 1.54) is 0 Å². The number of anilines is 1. The summed E-state index contributed by atoms with van der Waals surface area (Å²) in [6.45, 7) is 3.58. The van der Waals surface area contributed by atoms with Crippen LogP contribution in [0.15, 0.2) is 30.5 Å². The van der Waals surface area contributed by atoms with Gasteiger partial charge >= 0.3 is 0 Å². The van der Waals surface area contributed by atoms with Gasteiger partial charge in [-0.25, -0.2) is 4.68 Å². The normalized spacial score (nSPS) is 10.5. The number of nitrogens with one attached hydrogen (secondary N) is 1. The highest BCUT2D eigenvalue weighted by molar-refractivity contribution is 5.53. The highest BCUT2D eigenvalue weighted by Gasteiger charge is 2.11. The highest BCUT2D eigenvalue weighted by Crippen LogP contribution is 2.25. The second-order valence-corrected chi connectivity index (χ2v) is 4.30. The van der Waals surface area contributed by atoms with Crippen molar-refractivity contribution in [2.75, 3.05) is 25.5 Å². The number of benzene rings is 1. The Morgan fingerprint density at radius 3 is 2.89 bits per heavy atom. The molecule has 0 spiro atoms. The Kier molecular flexibility index (Phi) is 4.41. The largest absolute Gasteiger partial charge is 0.494 e. The molecule has 0 fully saturated rings. The van der Waals surface area contributed by atoms with Crippen molar-refractivity contribution in [3.8, 4) is 11.4 Å². The Bertz CT molecular complexity index is 536. The van der Waals surface area contributed by atoms with E-state index in [0.717, 1.165) is 35.8 Å². The minimum Gasteiger partial charge on any atom is -0.494 e. The molecule has 1 heterocycles. The number of ether oxygens (including phenoxy) is 1. The van der Waals surface area contributed by atoms with Gasteiger partial charge < -0.3 is 15.8 Å². The summed E-state index contributed by atoms with van der Waals surface area (Å²) in [4.78, 5) is 0. The van der Waals surface area contributed by atoms with Crippen LogP contribution in [0.25, 0.3) is 5.69 Å². The van der Waals surface area contributed by atoms with Crippen molar-refractivity contribution in [1.29, 1.82) is 0 Å². The lowest BCUT2D eigenvalue weighted by atomic mass is 10.3. The van der Waals surface area contributed by atoms with Crippen LogP contribution in [0.3, 0.4) is 0 Å². The predicted molar refractivity (Wildman–Crippen MR) is 77.0 cm³/mol. The maximum atomic E-state index is 5.49. The van der Waals surface area contributed by atoms with Crippen molar-refractivity contribution in [1.82, 2.24) is 9.78 Å².